The van der Waals surface area contributed by atoms with Crippen molar-refractivity contribution in [2.24, 2.45) is 4.99 Å². The number of aryl methyl sites for hydroxylation is 1. The van der Waals surface area contributed by atoms with Crippen LogP contribution in [0.25, 0.3) is 0 Å². The predicted octanol–water partition coefficient (Wildman–Crippen LogP) is 3.76. The van der Waals surface area contributed by atoms with Crippen molar-refractivity contribution >= 4 is 12.1 Å². The molecule has 31 heavy (non-hydrogen) atoms. The van der Waals surface area contributed by atoms with E-state index in [9.17, 15) is 4.79 Å². The molecule has 0 saturated heterocycles. The zero-order valence-electron chi connectivity index (χ0n) is 20.6. The third-order valence-corrected chi connectivity index (χ3v) is 4.86. The largest absolute Gasteiger partial charge is 0.444 e. The van der Waals surface area contributed by atoms with Crippen LogP contribution in [0.2, 0.25) is 0 Å². The van der Waals surface area contributed by atoms with Gasteiger partial charge >= 0.3 is 6.09 Å². The molecule has 1 aromatic heterocycles. The van der Waals surface area contributed by atoms with E-state index in [0.717, 1.165) is 38.2 Å². The van der Waals surface area contributed by atoms with Gasteiger partial charge in [-0.1, -0.05) is 32.9 Å². The van der Waals surface area contributed by atoms with Crippen molar-refractivity contribution in [1.29, 1.82) is 0 Å². The van der Waals surface area contributed by atoms with Gasteiger partial charge in [0.1, 0.15) is 5.60 Å². The first-order chi connectivity index (χ1) is 14.5. The highest BCUT2D eigenvalue weighted by Gasteiger charge is 2.30. The Morgan fingerprint density at radius 3 is 2.35 bits per heavy atom. The predicted molar refractivity (Wildman–Crippen MR) is 123 cm³/mol. The maximum Gasteiger partial charge on any atom is 0.408 e. The maximum atomic E-state index is 12.3. The number of nitrogens with one attached hydrogen (secondary N) is 3. The van der Waals surface area contributed by atoms with Gasteiger partial charge in [0, 0.05) is 25.4 Å². The molecule has 9 heteroatoms. The van der Waals surface area contributed by atoms with E-state index in [1.165, 1.54) is 0 Å². The van der Waals surface area contributed by atoms with Crippen molar-refractivity contribution in [3.8, 4) is 0 Å². The molecule has 9 nitrogen and oxygen atoms in total. The summed E-state index contributed by atoms with van der Waals surface area (Å²) in [7, 11) is 0. The molecule has 3 N–H and O–H groups in total. The topological polar surface area (TPSA) is 114 Å². The van der Waals surface area contributed by atoms with Gasteiger partial charge in [0.05, 0.1) is 12.1 Å². The van der Waals surface area contributed by atoms with Gasteiger partial charge in [0.15, 0.2) is 11.8 Å². The van der Waals surface area contributed by atoms with Crippen molar-refractivity contribution in [1.82, 2.24) is 26.1 Å². The van der Waals surface area contributed by atoms with Gasteiger partial charge in [-0.3, -0.25) is 4.99 Å². The molecule has 1 rings (SSSR count). The first kappa shape index (κ1) is 26.7. The summed E-state index contributed by atoms with van der Waals surface area (Å²) in [6.45, 7) is 17.7. The number of amides is 1. The summed E-state index contributed by atoms with van der Waals surface area (Å²) in [5, 5.41) is 13.6. The number of hydrogen-bond acceptors (Lipinski definition) is 6. The molecule has 0 unspecified atom stereocenters. The van der Waals surface area contributed by atoms with Crippen LogP contribution in [-0.4, -0.2) is 53.0 Å². The van der Waals surface area contributed by atoms with Crippen LogP contribution in [0.1, 0.15) is 92.3 Å². The number of guanidine groups is 1. The normalized spacial score (nSPS) is 12.7. The smallest absolute Gasteiger partial charge is 0.408 e. The molecule has 0 atom stereocenters. The molecule has 0 fully saturated rings. The fraction of sp³-hybridized carbons (Fsp3) is 0.818. The van der Waals surface area contributed by atoms with Crippen LogP contribution < -0.4 is 16.0 Å². The molecule has 1 heterocycles. The van der Waals surface area contributed by atoms with E-state index in [2.05, 4.69) is 26.1 Å². The minimum atomic E-state index is -0.536. The van der Waals surface area contributed by atoms with E-state index in [-0.39, 0.29) is 5.92 Å². The Morgan fingerprint density at radius 2 is 1.84 bits per heavy atom. The Balaban J connectivity index is 2.64. The number of aliphatic imine (C=N–C) groups is 1. The number of carbonyl (C=O) groups excluding carboxylic acids is 1. The lowest BCUT2D eigenvalue weighted by atomic mass is 9.93. The van der Waals surface area contributed by atoms with Crippen LogP contribution >= 0.6 is 0 Å². The third-order valence-electron chi connectivity index (χ3n) is 4.86. The van der Waals surface area contributed by atoms with Crippen molar-refractivity contribution in [3.63, 3.8) is 0 Å². The molecule has 0 aliphatic rings. The first-order valence-electron chi connectivity index (χ1n) is 11.4. The number of nitrogens with zero attached hydrogens (tertiary/aromatic N) is 3. The molecule has 0 saturated carbocycles. The molecule has 0 radical (unpaired) electrons. The number of hydrogen-bond donors (Lipinski definition) is 3. The van der Waals surface area contributed by atoms with Crippen LogP contribution in [0.15, 0.2) is 9.52 Å². The number of aromatic nitrogens is 2. The van der Waals surface area contributed by atoms with Crippen LogP contribution in [0.4, 0.5) is 4.79 Å². The summed E-state index contributed by atoms with van der Waals surface area (Å²) in [5.41, 5.74) is -0.993. The zero-order chi connectivity index (χ0) is 23.5. The highest BCUT2D eigenvalue weighted by atomic mass is 16.6. The van der Waals surface area contributed by atoms with E-state index in [1.807, 2.05) is 55.4 Å². The van der Waals surface area contributed by atoms with Crippen LogP contribution in [0.3, 0.4) is 0 Å². The molecule has 0 bridgehead atoms. The van der Waals surface area contributed by atoms with E-state index in [4.69, 9.17) is 14.3 Å². The van der Waals surface area contributed by atoms with Crippen molar-refractivity contribution in [3.05, 3.63) is 11.7 Å². The zero-order valence-corrected chi connectivity index (χ0v) is 20.6. The molecule has 0 aliphatic carbocycles. The van der Waals surface area contributed by atoms with Gasteiger partial charge in [-0.2, -0.15) is 4.98 Å². The summed E-state index contributed by atoms with van der Waals surface area (Å²) >= 11 is 0. The van der Waals surface area contributed by atoms with Gasteiger partial charge in [-0.25, -0.2) is 4.79 Å². The Morgan fingerprint density at radius 1 is 1.16 bits per heavy atom. The van der Waals surface area contributed by atoms with E-state index in [1.54, 1.807) is 0 Å². The van der Waals surface area contributed by atoms with E-state index < -0.39 is 17.2 Å². The summed E-state index contributed by atoms with van der Waals surface area (Å²) in [6, 6.07) is 0. The number of ether oxygens (including phenoxy) is 1. The van der Waals surface area contributed by atoms with Gasteiger partial charge in [0.2, 0.25) is 5.89 Å². The molecule has 0 aromatic carbocycles. The lowest BCUT2D eigenvalue weighted by Gasteiger charge is -2.32. The van der Waals surface area contributed by atoms with Gasteiger partial charge in [0.25, 0.3) is 0 Å². The summed E-state index contributed by atoms with van der Waals surface area (Å²) in [4.78, 5) is 21.4. The molecule has 0 spiro atoms. The first-order valence-corrected chi connectivity index (χ1v) is 11.4. The Kier molecular flexibility index (Phi) is 10.8. The average Bonchev–Trinajstić information content (AvgIpc) is 3.16. The molecule has 178 valence electrons. The van der Waals surface area contributed by atoms with Crippen molar-refractivity contribution in [2.45, 2.75) is 98.1 Å². The van der Waals surface area contributed by atoms with E-state index >= 15 is 0 Å². The molecular weight excluding hydrogens is 396 g/mol. The Labute approximate surface area is 187 Å². The van der Waals surface area contributed by atoms with E-state index in [0.29, 0.717) is 24.8 Å². The maximum absolute atomic E-state index is 12.3. The average molecular weight is 439 g/mol. The highest BCUT2D eigenvalue weighted by molar-refractivity contribution is 5.79. The Bertz CT molecular complexity index is 690. The van der Waals surface area contributed by atoms with Crippen LogP contribution in [-0.2, 0) is 11.2 Å². The van der Waals surface area contributed by atoms with Crippen molar-refractivity contribution in [2.75, 3.05) is 19.6 Å². The van der Waals surface area contributed by atoms with Crippen LogP contribution in [0, 0.1) is 0 Å². The van der Waals surface area contributed by atoms with Crippen LogP contribution in [0.5, 0.6) is 0 Å². The minimum absolute atomic E-state index is 0.259. The monoisotopic (exact) mass is 438 g/mol. The second-order valence-corrected chi connectivity index (χ2v) is 9.04. The lowest BCUT2D eigenvalue weighted by Crippen LogP contribution is -2.52. The lowest BCUT2D eigenvalue weighted by molar-refractivity contribution is 0.0452. The van der Waals surface area contributed by atoms with Gasteiger partial charge < -0.3 is 25.2 Å². The summed E-state index contributed by atoms with van der Waals surface area (Å²) in [6.07, 6.45) is 2.64. The quantitative estimate of drug-likeness (QED) is 0.274. The highest BCUT2D eigenvalue weighted by Crippen LogP contribution is 2.17. The van der Waals surface area contributed by atoms with Gasteiger partial charge in [-0.05, 0) is 47.0 Å². The second-order valence-electron chi connectivity index (χ2n) is 9.04. The van der Waals surface area contributed by atoms with Gasteiger partial charge in [-0.15, -0.1) is 0 Å². The standard InChI is InChI=1S/C22H42N6O3/c1-9-22(10-2,27-20(29)30-21(6,7)8)15-25-19(23-11-3)24-14-12-13-17-26-18(16(4)5)28-31-17/h16H,9-15H2,1-8H3,(H,27,29)(H2,23,24,25). The SMILES string of the molecule is CCNC(=NCC(CC)(CC)NC(=O)OC(C)(C)C)NCCCc1nc(C(C)C)no1. The Hall–Kier alpha value is -2.32. The fourth-order valence-corrected chi connectivity index (χ4v) is 2.83. The van der Waals surface area contributed by atoms with Crippen molar-refractivity contribution < 1.29 is 14.1 Å². The summed E-state index contributed by atoms with van der Waals surface area (Å²) in [5.74, 6) is 2.37. The minimum Gasteiger partial charge on any atom is -0.444 e. The third kappa shape index (κ3) is 10.0. The second kappa shape index (κ2) is 12.5. The summed E-state index contributed by atoms with van der Waals surface area (Å²) < 4.78 is 10.7. The fourth-order valence-electron chi connectivity index (χ4n) is 2.83. The number of carbonyl (C=O) groups is 1. The number of alkyl carbamates (subject to hydrolysis) is 1. The molecular formula is C22H42N6O3. The molecule has 1 aromatic rings. The number of rotatable bonds is 11. The molecule has 1 amide bonds. The molecule has 0 aliphatic heterocycles.